The molecule has 0 unspecified atom stereocenters. The summed E-state index contributed by atoms with van der Waals surface area (Å²) in [6.45, 7) is 3.63. The zero-order valence-electron chi connectivity index (χ0n) is 9.58. The van der Waals surface area contributed by atoms with Crippen LogP contribution in [0.4, 0.5) is 4.39 Å². The Bertz CT molecular complexity index is 402. The summed E-state index contributed by atoms with van der Waals surface area (Å²) in [6.07, 6.45) is 1.78. The molecule has 0 radical (unpaired) electrons. The average Bonchev–Trinajstić information content (AvgIpc) is 2.15. The summed E-state index contributed by atoms with van der Waals surface area (Å²) in [7, 11) is 0. The molecular weight excluding hydrogens is 227 g/mol. The molecule has 0 atom stereocenters. The highest BCUT2D eigenvalue weighted by molar-refractivity contribution is 7.98. The molecule has 0 aromatic heterocycles. The van der Waals surface area contributed by atoms with Crippen LogP contribution in [0, 0.1) is 5.82 Å². The van der Waals surface area contributed by atoms with Gasteiger partial charge in [0.2, 0.25) is 0 Å². The summed E-state index contributed by atoms with van der Waals surface area (Å²) in [5.41, 5.74) is 0.189. The lowest BCUT2D eigenvalue weighted by Gasteiger charge is -2.25. The van der Waals surface area contributed by atoms with Gasteiger partial charge in [-0.05, 0) is 17.9 Å². The molecule has 1 aromatic rings. The number of aliphatic carboxylic acids is 1. The maximum atomic E-state index is 13.5. The van der Waals surface area contributed by atoms with Crippen molar-refractivity contribution in [1.29, 1.82) is 0 Å². The highest BCUT2D eigenvalue weighted by Crippen LogP contribution is 2.35. The monoisotopic (exact) mass is 242 g/mol. The molecule has 1 aromatic carbocycles. The summed E-state index contributed by atoms with van der Waals surface area (Å²) < 4.78 is 13.5. The molecule has 1 N–H and O–H groups in total. The first-order valence-electron chi connectivity index (χ1n) is 4.93. The maximum absolute atomic E-state index is 13.5. The highest BCUT2D eigenvalue weighted by Gasteiger charge is 2.27. The molecule has 0 bridgehead atoms. The lowest BCUT2D eigenvalue weighted by atomic mass is 9.81. The Morgan fingerprint density at radius 3 is 2.62 bits per heavy atom. The topological polar surface area (TPSA) is 37.3 Å². The highest BCUT2D eigenvalue weighted by atomic mass is 32.2. The van der Waals surface area contributed by atoms with Crippen LogP contribution in [-0.2, 0) is 10.2 Å². The van der Waals surface area contributed by atoms with Gasteiger partial charge in [0.05, 0.1) is 6.42 Å². The molecule has 4 heteroatoms. The Hall–Kier alpha value is -1.03. The molecule has 2 nitrogen and oxygen atoms in total. The fraction of sp³-hybridized carbons (Fsp3) is 0.417. The van der Waals surface area contributed by atoms with E-state index < -0.39 is 11.4 Å². The fourth-order valence-corrected chi connectivity index (χ4v) is 2.55. The Labute approximate surface area is 98.9 Å². The van der Waals surface area contributed by atoms with E-state index in [9.17, 15) is 9.18 Å². The van der Waals surface area contributed by atoms with Crippen LogP contribution in [0.5, 0.6) is 0 Å². The van der Waals surface area contributed by atoms with Gasteiger partial charge in [0.25, 0.3) is 0 Å². The van der Waals surface area contributed by atoms with Gasteiger partial charge in [-0.1, -0.05) is 26.0 Å². The van der Waals surface area contributed by atoms with Gasteiger partial charge in [0.1, 0.15) is 5.82 Å². The van der Waals surface area contributed by atoms with Crippen molar-refractivity contribution < 1.29 is 14.3 Å². The summed E-state index contributed by atoms with van der Waals surface area (Å²) in [5, 5.41) is 8.84. The normalized spacial score (nSPS) is 11.5. The molecule has 1 rings (SSSR count). The zero-order chi connectivity index (χ0) is 12.3. The second-order valence-corrected chi connectivity index (χ2v) is 5.09. The van der Waals surface area contributed by atoms with Crippen molar-refractivity contribution in [1.82, 2.24) is 0 Å². The number of hydrogen-bond acceptors (Lipinski definition) is 2. The van der Waals surface area contributed by atoms with Crippen molar-refractivity contribution in [2.45, 2.75) is 30.6 Å². The molecule has 0 saturated heterocycles. The SMILES string of the molecule is CSc1c(F)cccc1C(C)(C)CC(=O)O. The predicted octanol–water partition coefficient (Wildman–Crippen LogP) is 3.30. The van der Waals surface area contributed by atoms with E-state index in [2.05, 4.69) is 0 Å². The van der Waals surface area contributed by atoms with Crippen molar-refractivity contribution in [3.8, 4) is 0 Å². The molecule has 0 aliphatic carbocycles. The molecule has 0 spiro atoms. The molecule has 0 aliphatic rings. The number of thioether (sulfide) groups is 1. The third kappa shape index (κ3) is 2.76. The summed E-state index contributed by atoms with van der Waals surface area (Å²) in [4.78, 5) is 11.3. The van der Waals surface area contributed by atoms with Crippen LogP contribution < -0.4 is 0 Å². The number of carbonyl (C=O) groups is 1. The predicted molar refractivity (Wildman–Crippen MR) is 63.5 cm³/mol. The molecule has 0 saturated carbocycles. The van der Waals surface area contributed by atoms with Crippen LogP contribution in [0.15, 0.2) is 23.1 Å². The first kappa shape index (κ1) is 13.0. The van der Waals surface area contributed by atoms with Crippen LogP contribution in [0.3, 0.4) is 0 Å². The van der Waals surface area contributed by atoms with Crippen LogP contribution in [0.1, 0.15) is 25.8 Å². The molecule has 88 valence electrons. The largest absolute Gasteiger partial charge is 0.481 e. The van der Waals surface area contributed by atoms with E-state index >= 15 is 0 Å². The zero-order valence-corrected chi connectivity index (χ0v) is 10.4. The number of benzene rings is 1. The number of halogens is 1. The van der Waals surface area contributed by atoms with Gasteiger partial charge in [-0.2, -0.15) is 0 Å². The quantitative estimate of drug-likeness (QED) is 0.823. The third-order valence-corrected chi connectivity index (χ3v) is 3.32. The number of carboxylic acids is 1. The molecule has 0 amide bonds. The minimum Gasteiger partial charge on any atom is -0.481 e. The van der Waals surface area contributed by atoms with E-state index in [1.807, 2.05) is 13.8 Å². The van der Waals surface area contributed by atoms with E-state index in [4.69, 9.17) is 5.11 Å². The van der Waals surface area contributed by atoms with Crippen LogP contribution in [-0.4, -0.2) is 17.3 Å². The first-order chi connectivity index (χ1) is 7.38. The lowest BCUT2D eigenvalue weighted by Crippen LogP contribution is -2.22. The van der Waals surface area contributed by atoms with Gasteiger partial charge < -0.3 is 5.11 Å². The van der Waals surface area contributed by atoms with Gasteiger partial charge in [-0.3, -0.25) is 4.79 Å². The summed E-state index contributed by atoms with van der Waals surface area (Å²) in [5.74, 6) is -1.16. The van der Waals surface area contributed by atoms with Gasteiger partial charge >= 0.3 is 5.97 Å². The molecule has 0 fully saturated rings. The van der Waals surface area contributed by atoms with Crippen molar-refractivity contribution in [3.05, 3.63) is 29.6 Å². The molecular formula is C12H15FO2S. The van der Waals surface area contributed by atoms with Crippen LogP contribution in [0.2, 0.25) is 0 Å². The lowest BCUT2D eigenvalue weighted by molar-refractivity contribution is -0.138. The Morgan fingerprint density at radius 2 is 2.12 bits per heavy atom. The van der Waals surface area contributed by atoms with E-state index in [-0.39, 0.29) is 12.2 Å². The number of carboxylic acid groups (broad SMARTS) is 1. The Morgan fingerprint density at radius 1 is 1.50 bits per heavy atom. The van der Waals surface area contributed by atoms with Crippen LogP contribution in [0.25, 0.3) is 0 Å². The molecule has 16 heavy (non-hydrogen) atoms. The van der Waals surface area contributed by atoms with Gasteiger partial charge in [-0.25, -0.2) is 4.39 Å². The van der Waals surface area contributed by atoms with E-state index in [1.165, 1.54) is 17.8 Å². The average molecular weight is 242 g/mol. The second-order valence-electron chi connectivity index (χ2n) is 4.28. The van der Waals surface area contributed by atoms with Gasteiger partial charge in [-0.15, -0.1) is 11.8 Å². The fourth-order valence-electron chi connectivity index (χ4n) is 1.72. The van der Waals surface area contributed by atoms with Gasteiger partial charge in [0, 0.05) is 10.3 Å². The van der Waals surface area contributed by atoms with Crippen molar-refractivity contribution in [3.63, 3.8) is 0 Å². The molecule has 0 aliphatic heterocycles. The van der Waals surface area contributed by atoms with Crippen molar-refractivity contribution in [2.75, 3.05) is 6.26 Å². The number of rotatable bonds is 4. The van der Waals surface area contributed by atoms with Gasteiger partial charge in [0.15, 0.2) is 0 Å². The second kappa shape index (κ2) is 4.87. The molecule has 0 heterocycles. The van der Waals surface area contributed by atoms with E-state index in [1.54, 1.807) is 18.4 Å². The maximum Gasteiger partial charge on any atom is 0.304 e. The van der Waals surface area contributed by atoms with Crippen molar-refractivity contribution >= 4 is 17.7 Å². The third-order valence-electron chi connectivity index (χ3n) is 2.49. The number of hydrogen-bond donors (Lipinski definition) is 1. The minimum atomic E-state index is -0.874. The summed E-state index contributed by atoms with van der Waals surface area (Å²) >= 11 is 1.31. The Kier molecular flexibility index (Phi) is 3.97. The van der Waals surface area contributed by atoms with E-state index in [0.29, 0.717) is 4.90 Å². The first-order valence-corrected chi connectivity index (χ1v) is 6.15. The minimum absolute atomic E-state index is 0.00991. The summed E-state index contributed by atoms with van der Waals surface area (Å²) in [6, 6.07) is 4.80. The van der Waals surface area contributed by atoms with Crippen LogP contribution >= 0.6 is 11.8 Å². The standard InChI is InChI=1S/C12H15FO2S/c1-12(2,7-10(14)15)8-5-4-6-9(13)11(8)16-3/h4-6H,7H2,1-3H3,(H,14,15). The smallest absolute Gasteiger partial charge is 0.304 e. The van der Waals surface area contributed by atoms with E-state index in [0.717, 1.165) is 5.56 Å². The van der Waals surface area contributed by atoms with Crippen molar-refractivity contribution in [2.24, 2.45) is 0 Å². The Balaban J connectivity index is 3.21.